The van der Waals surface area contributed by atoms with E-state index < -0.39 is 0 Å². The Morgan fingerprint density at radius 2 is 1.94 bits per heavy atom. The SMILES string of the molecule is CC1(C)CC(C(NN)c2cncnc2)C(C)(C)O1. The molecule has 1 fully saturated rings. The summed E-state index contributed by atoms with van der Waals surface area (Å²) in [5, 5.41) is 0. The minimum absolute atomic E-state index is 0.00275. The Morgan fingerprint density at radius 3 is 2.39 bits per heavy atom. The van der Waals surface area contributed by atoms with Gasteiger partial charge in [0, 0.05) is 23.9 Å². The summed E-state index contributed by atoms with van der Waals surface area (Å²) < 4.78 is 6.12. The van der Waals surface area contributed by atoms with Crippen molar-refractivity contribution in [2.75, 3.05) is 0 Å². The summed E-state index contributed by atoms with van der Waals surface area (Å²) in [5.74, 6) is 6.01. The third kappa shape index (κ3) is 2.53. The zero-order valence-corrected chi connectivity index (χ0v) is 11.5. The molecule has 1 aromatic rings. The predicted octanol–water partition coefficient (Wildman–Crippen LogP) is 1.57. The highest BCUT2D eigenvalue weighted by Gasteiger charge is 2.49. The first-order valence-electron chi connectivity index (χ1n) is 6.27. The van der Waals surface area contributed by atoms with E-state index in [1.54, 1.807) is 12.4 Å². The second kappa shape index (κ2) is 4.57. The molecule has 1 saturated heterocycles. The van der Waals surface area contributed by atoms with Crippen LogP contribution >= 0.6 is 0 Å². The van der Waals surface area contributed by atoms with Crippen LogP contribution in [-0.2, 0) is 4.74 Å². The van der Waals surface area contributed by atoms with Gasteiger partial charge in [0.1, 0.15) is 6.33 Å². The van der Waals surface area contributed by atoms with Gasteiger partial charge in [0.2, 0.25) is 0 Å². The highest BCUT2D eigenvalue weighted by molar-refractivity contribution is 5.14. The molecular weight excluding hydrogens is 228 g/mol. The number of nitrogens with two attached hydrogens (primary N) is 1. The number of hydrazine groups is 1. The van der Waals surface area contributed by atoms with Crippen LogP contribution < -0.4 is 11.3 Å². The van der Waals surface area contributed by atoms with Crippen molar-refractivity contribution >= 4 is 0 Å². The summed E-state index contributed by atoms with van der Waals surface area (Å²) in [7, 11) is 0. The van der Waals surface area contributed by atoms with E-state index >= 15 is 0 Å². The van der Waals surface area contributed by atoms with Crippen LogP contribution in [0.2, 0.25) is 0 Å². The van der Waals surface area contributed by atoms with Gasteiger partial charge in [-0.3, -0.25) is 11.3 Å². The van der Waals surface area contributed by atoms with Crippen molar-refractivity contribution in [3.8, 4) is 0 Å². The highest BCUT2D eigenvalue weighted by Crippen LogP contribution is 2.47. The maximum atomic E-state index is 6.12. The van der Waals surface area contributed by atoms with Crippen molar-refractivity contribution in [1.29, 1.82) is 0 Å². The molecule has 1 aromatic heterocycles. The van der Waals surface area contributed by atoms with Crippen LogP contribution in [-0.4, -0.2) is 21.2 Å². The average Bonchev–Trinajstić information content (AvgIpc) is 2.50. The largest absolute Gasteiger partial charge is 0.369 e. The number of rotatable bonds is 3. The molecule has 0 bridgehead atoms. The van der Waals surface area contributed by atoms with Gasteiger partial charge in [-0.25, -0.2) is 9.97 Å². The second-order valence-corrected chi connectivity index (χ2v) is 6.09. The van der Waals surface area contributed by atoms with Gasteiger partial charge in [0.15, 0.2) is 0 Å². The maximum Gasteiger partial charge on any atom is 0.115 e. The molecule has 2 heterocycles. The van der Waals surface area contributed by atoms with Crippen LogP contribution in [0.3, 0.4) is 0 Å². The Bertz CT molecular complexity index is 405. The lowest BCUT2D eigenvalue weighted by Gasteiger charge is -2.32. The first-order chi connectivity index (χ1) is 8.36. The Kier molecular flexibility index (Phi) is 3.40. The van der Waals surface area contributed by atoms with Crippen molar-refractivity contribution in [3.63, 3.8) is 0 Å². The Balaban J connectivity index is 2.29. The lowest BCUT2D eigenvalue weighted by Crippen LogP contribution is -2.41. The second-order valence-electron chi connectivity index (χ2n) is 6.09. The fourth-order valence-electron chi connectivity index (χ4n) is 3.04. The molecule has 18 heavy (non-hydrogen) atoms. The van der Waals surface area contributed by atoms with Crippen LogP contribution in [0.15, 0.2) is 18.7 Å². The van der Waals surface area contributed by atoms with Gasteiger partial charge < -0.3 is 4.74 Å². The summed E-state index contributed by atoms with van der Waals surface area (Å²) in [6, 6.07) is 0.00275. The zero-order chi connectivity index (χ0) is 13.4. The van der Waals surface area contributed by atoms with Gasteiger partial charge in [-0.05, 0) is 34.1 Å². The van der Waals surface area contributed by atoms with E-state index in [-0.39, 0.29) is 23.2 Å². The molecule has 100 valence electrons. The molecule has 5 nitrogen and oxygen atoms in total. The number of hydrogen-bond acceptors (Lipinski definition) is 5. The molecule has 0 amide bonds. The van der Waals surface area contributed by atoms with Crippen molar-refractivity contribution in [2.45, 2.75) is 51.4 Å². The predicted molar refractivity (Wildman–Crippen MR) is 69.4 cm³/mol. The molecular formula is C13H22N4O. The van der Waals surface area contributed by atoms with Crippen molar-refractivity contribution < 1.29 is 4.74 Å². The highest BCUT2D eigenvalue weighted by atomic mass is 16.5. The molecule has 0 aliphatic carbocycles. The normalized spacial score (nSPS) is 27.1. The van der Waals surface area contributed by atoms with E-state index in [9.17, 15) is 0 Å². The van der Waals surface area contributed by atoms with Crippen LogP contribution in [0.1, 0.15) is 45.7 Å². The molecule has 2 rings (SSSR count). The molecule has 5 heteroatoms. The third-order valence-electron chi connectivity index (χ3n) is 3.67. The monoisotopic (exact) mass is 250 g/mol. The van der Waals surface area contributed by atoms with Gasteiger partial charge in [0.25, 0.3) is 0 Å². The summed E-state index contributed by atoms with van der Waals surface area (Å²) in [6.45, 7) is 8.45. The van der Waals surface area contributed by atoms with Crippen LogP contribution in [0.4, 0.5) is 0 Å². The first kappa shape index (κ1) is 13.4. The van der Waals surface area contributed by atoms with E-state index in [1.807, 2.05) is 0 Å². The van der Waals surface area contributed by atoms with Gasteiger partial charge in [-0.1, -0.05) is 0 Å². The fraction of sp³-hybridized carbons (Fsp3) is 0.692. The lowest BCUT2D eigenvalue weighted by atomic mass is 9.80. The Morgan fingerprint density at radius 1 is 1.33 bits per heavy atom. The summed E-state index contributed by atoms with van der Waals surface area (Å²) in [6.07, 6.45) is 6.08. The average molecular weight is 250 g/mol. The van der Waals surface area contributed by atoms with Gasteiger partial charge >= 0.3 is 0 Å². The minimum Gasteiger partial charge on any atom is -0.369 e. The van der Waals surface area contributed by atoms with E-state index in [4.69, 9.17) is 10.6 Å². The molecule has 3 N–H and O–H groups in total. The molecule has 1 aliphatic rings. The van der Waals surface area contributed by atoms with Crippen LogP contribution in [0, 0.1) is 5.92 Å². The van der Waals surface area contributed by atoms with E-state index in [0.717, 1.165) is 12.0 Å². The summed E-state index contributed by atoms with van der Waals surface area (Å²) in [5.41, 5.74) is 3.54. The number of aromatic nitrogens is 2. The fourth-order valence-corrected chi connectivity index (χ4v) is 3.04. The quantitative estimate of drug-likeness (QED) is 0.629. The minimum atomic E-state index is -0.226. The molecule has 0 radical (unpaired) electrons. The lowest BCUT2D eigenvalue weighted by molar-refractivity contribution is -0.0779. The third-order valence-corrected chi connectivity index (χ3v) is 3.67. The molecule has 2 unspecified atom stereocenters. The number of nitrogens with one attached hydrogen (secondary N) is 1. The van der Waals surface area contributed by atoms with Gasteiger partial charge in [-0.2, -0.15) is 0 Å². The maximum absolute atomic E-state index is 6.12. The van der Waals surface area contributed by atoms with Crippen LogP contribution in [0.25, 0.3) is 0 Å². The van der Waals surface area contributed by atoms with Crippen molar-refractivity contribution in [2.24, 2.45) is 11.8 Å². The summed E-state index contributed by atoms with van der Waals surface area (Å²) in [4.78, 5) is 8.12. The smallest absolute Gasteiger partial charge is 0.115 e. The van der Waals surface area contributed by atoms with E-state index in [0.29, 0.717) is 0 Å². The topological polar surface area (TPSA) is 73.1 Å². The molecule has 0 spiro atoms. The van der Waals surface area contributed by atoms with Crippen molar-refractivity contribution in [1.82, 2.24) is 15.4 Å². The zero-order valence-electron chi connectivity index (χ0n) is 11.5. The van der Waals surface area contributed by atoms with E-state index in [1.165, 1.54) is 6.33 Å². The number of hydrogen-bond donors (Lipinski definition) is 2. The Labute approximate surface area is 108 Å². The first-order valence-corrected chi connectivity index (χ1v) is 6.27. The van der Waals surface area contributed by atoms with Gasteiger partial charge in [-0.15, -0.1) is 0 Å². The number of ether oxygens (including phenoxy) is 1. The van der Waals surface area contributed by atoms with Gasteiger partial charge in [0.05, 0.1) is 17.2 Å². The molecule has 0 aromatic carbocycles. The van der Waals surface area contributed by atoms with E-state index in [2.05, 4.69) is 43.1 Å². The van der Waals surface area contributed by atoms with Crippen molar-refractivity contribution in [3.05, 3.63) is 24.3 Å². The molecule has 1 aliphatic heterocycles. The summed E-state index contributed by atoms with van der Waals surface area (Å²) >= 11 is 0. The van der Waals surface area contributed by atoms with Crippen LogP contribution in [0.5, 0.6) is 0 Å². The molecule has 2 atom stereocenters. The Hall–Kier alpha value is -1.04. The standard InChI is InChI=1S/C13H22N4O/c1-12(2)5-10(13(3,4)18-12)11(17-14)9-6-15-8-16-7-9/h6-8,10-11,17H,5,14H2,1-4H3. The number of nitrogens with zero attached hydrogens (tertiary/aromatic N) is 2. The molecule has 0 saturated carbocycles.